The highest BCUT2D eigenvalue weighted by Gasteiger charge is 2.14. The van der Waals surface area contributed by atoms with Crippen LogP contribution in [0.3, 0.4) is 0 Å². The third-order valence-corrected chi connectivity index (χ3v) is 4.89. The SMILES string of the molecule is O=C(CBr)NCC1CSCCS1. The number of carbonyl (C=O) groups is 1. The van der Waals surface area contributed by atoms with Crippen molar-refractivity contribution in [2.24, 2.45) is 0 Å². The summed E-state index contributed by atoms with van der Waals surface area (Å²) in [5, 5.41) is 3.91. The van der Waals surface area contributed by atoms with E-state index in [1.807, 2.05) is 23.5 Å². The van der Waals surface area contributed by atoms with Gasteiger partial charge in [0.05, 0.1) is 5.33 Å². The van der Waals surface area contributed by atoms with Gasteiger partial charge in [0.25, 0.3) is 0 Å². The molecule has 1 aliphatic heterocycles. The number of rotatable bonds is 3. The molecule has 0 aromatic heterocycles. The van der Waals surface area contributed by atoms with Gasteiger partial charge in [0.15, 0.2) is 0 Å². The Morgan fingerprint density at radius 1 is 1.58 bits per heavy atom. The van der Waals surface area contributed by atoms with Crippen LogP contribution >= 0.6 is 39.5 Å². The molecule has 1 unspecified atom stereocenters. The molecule has 1 amide bonds. The molecular weight excluding hydrogens is 258 g/mol. The number of carbonyl (C=O) groups excluding carboxylic acids is 1. The minimum absolute atomic E-state index is 0.0890. The third-order valence-electron chi connectivity index (χ3n) is 1.53. The first kappa shape index (κ1) is 10.7. The van der Waals surface area contributed by atoms with E-state index in [4.69, 9.17) is 0 Å². The standard InChI is InChI=1S/C7H12BrNOS2/c8-3-7(10)9-4-6-5-11-1-2-12-6/h6H,1-5H2,(H,9,10). The highest BCUT2D eigenvalue weighted by atomic mass is 79.9. The molecule has 0 radical (unpaired) electrons. The minimum atomic E-state index is 0.0890. The Hall–Kier alpha value is 0.650. The van der Waals surface area contributed by atoms with Gasteiger partial charge in [0.2, 0.25) is 5.91 Å². The highest BCUT2D eigenvalue weighted by molar-refractivity contribution is 9.09. The zero-order chi connectivity index (χ0) is 8.81. The topological polar surface area (TPSA) is 29.1 Å². The first-order chi connectivity index (χ1) is 5.83. The fraction of sp³-hybridized carbons (Fsp3) is 0.857. The molecule has 0 saturated carbocycles. The van der Waals surface area contributed by atoms with Crippen LogP contribution in [0.15, 0.2) is 0 Å². The van der Waals surface area contributed by atoms with Crippen molar-refractivity contribution in [3.63, 3.8) is 0 Å². The van der Waals surface area contributed by atoms with Gasteiger partial charge in [-0.15, -0.1) is 0 Å². The summed E-state index contributed by atoms with van der Waals surface area (Å²) >= 11 is 7.06. The molecule has 12 heavy (non-hydrogen) atoms. The fourth-order valence-electron chi connectivity index (χ4n) is 0.929. The Morgan fingerprint density at radius 3 is 3.00 bits per heavy atom. The van der Waals surface area contributed by atoms with Crippen molar-refractivity contribution in [3.05, 3.63) is 0 Å². The molecule has 0 aromatic rings. The zero-order valence-corrected chi connectivity index (χ0v) is 9.93. The second kappa shape index (κ2) is 6.16. The summed E-state index contributed by atoms with van der Waals surface area (Å²) in [6.45, 7) is 0.822. The van der Waals surface area contributed by atoms with E-state index in [1.165, 1.54) is 17.3 Å². The number of hydrogen-bond acceptors (Lipinski definition) is 3. The molecule has 5 heteroatoms. The van der Waals surface area contributed by atoms with Gasteiger partial charge in [-0.1, -0.05) is 15.9 Å². The minimum Gasteiger partial charge on any atom is -0.354 e. The van der Waals surface area contributed by atoms with E-state index in [0.29, 0.717) is 10.6 Å². The van der Waals surface area contributed by atoms with Crippen LogP contribution in [-0.4, -0.2) is 40.3 Å². The monoisotopic (exact) mass is 269 g/mol. The Labute approximate surface area is 89.7 Å². The number of hydrogen-bond donors (Lipinski definition) is 1. The molecule has 0 spiro atoms. The molecule has 1 N–H and O–H groups in total. The maximum Gasteiger partial charge on any atom is 0.230 e. The van der Waals surface area contributed by atoms with E-state index in [-0.39, 0.29) is 5.91 Å². The van der Waals surface area contributed by atoms with Crippen LogP contribution in [0.4, 0.5) is 0 Å². The van der Waals surface area contributed by atoms with Crippen molar-refractivity contribution >= 4 is 45.4 Å². The maximum atomic E-state index is 10.9. The van der Waals surface area contributed by atoms with Gasteiger partial charge in [-0.05, 0) is 0 Å². The summed E-state index contributed by atoms with van der Waals surface area (Å²) in [5.74, 6) is 3.74. The van der Waals surface area contributed by atoms with Crippen LogP contribution in [0.2, 0.25) is 0 Å². The molecule has 1 saturated heterocycles. The average Bonchev–Trinajstić information content (AvgIpc) is 2.16. The van der Waals surface area contributed by atoms with Crippen molar-refractivity contribution < 1.29 is 4.79 Å². The summed E-state index contributed by atoms with van der Waals surface area (Å²) in [6.07, 6.45) is 0. The van der Waals surface area contributed by atoms with E-state index in [9.17, 15) is 4.79 Å². The van der Waals surface area contributed by atoms with Gasteiger partial charge in [-0.3, -0.25) is 4.79 Å². The normalized spacial score (nSPS) is 23.6. The second-order valence-electron chi connectivity index (χ2n) is 2.51. The Kier molecular flexibility index (Phi) is 5.50. The molecule has 0 bridgehead atoms. The molecule has 70 valence electrons. The number of thioether (sulfide) groups is 2. The summed E-state index contributed by atoms with van der Waals surface area (Å²) in [4.78, 5) is 10.9. The van der Waals surface area contributed by atoms with Crippen molar-refractivity contribution in [3.8, 4) is 0 Å². The number of amides is 1. The average molecular weight is 270 g/mol. The van der Waals surface area contributed by atoms with E-state index in [1.54, 1.807) is 0 Å². The van der Waals surface area contributed by atoms with Crippen LogP contribution in [0.1, 0.15) is 0 Å². The summed E-state index contributed by atoms with van der Waals surface area (Å²) in [6, 6.07) is 0. The zero-order valence-electron chi connectivity index (χ0n) is 6.72. The molecule has 1 rings (SSSR count). The lowest BCUT2D eigenvalue weighted by Crippen LogP contribution is -2.33. The molecular formula is C7H12BrNOS2. The van der Waals surface area contributed by atoms with Crippen molar-refractivity contribution in [2.45, 2.75) is 5.25 Å². The molecule has 0 aliphatic carbocycles. The lowest BCUT2D eigenvalue weighted by molar-refractivity contribution is -0.118. The van der Waals surface area contributed by atoms with E-state index in [2.05, 4.69) is 21.2 Å². The largest absolute Gasteiger partial charge is 0.354 e. The Bertz CT molecular complexity index is 150. The maximum absolute atomic E-state index is 10.9. The van der Waals surface area contributed by atoms with Crippen LogP contribution in [0, 0.1) is 0 Å². The van der Waals surface area contributed by atoms with Gasteiger partial charge in [-0.25, -0.2) is 0 Å². The van der Waals surface area contributed by atoms with Crippen molar-refractivity contribution in [1.82, 2.24) is 5.32 Å². The van der Waals surface area contributed by atoms with Crippen LogP contribution < -0.4 is 5.32 Å². The van der Waals surface area contributed by atoms with Gasteiger partial charge in [0, 0.05) is 29.1 Å². The van der Waals surface area contributed by atoms with Gasteiger partial charge in [-0.2, -0.15) is 23.5 Å². The van der Waals surface area contributed by atoms with E-state index < -0.39 is 0 Å². The quantitative estimate of drug-likeness (QED) is 0.785. The molecule has 0 aromatic carbocycles. The van der Waals surface area contributed by atoms with Crippen LogP contribution in [0.25, 0.3) is 0 Å². The molecule has 1 aliphatic rings. The molecule has 1 atom stereocenters. The van der Waals surface area contributed by atoms with E-state index in [0.717, 1.165) is 6.54 Å². The van der Waals surface area contributed by atoms with Crippen LogP contribution in [-0.2, 0) is 4.79 Å². The molecule has 1 fully saturated rings. The van der Waals surface area contributed by atoms with Gasteiger partial charge >= 0.3 is 0 Å². The predicted octanol–water partition coefficient (Wildman–Crippen LogP) is 1.35. The van der Waals surface area contributed by atoms with Crippen LogP contribution in [0.5, 0.6) is 0 Å². The highest BCUT2D eigenvalue weighted by Crippen LogP contribution is 2.23. The first-order valence-electron chi connectivity index (χ1n) is 3.85. The van der Waals surface area contributed by atoms with Gasteiger partial charge in [0.1, 0.15) is 0 Å². The second-order valence-corrected chi connectivity index (χ2v) is 5.62. The fourth-order valence-corrected chi connectivity index (χ4v) is 3.74. The van der Waals surface area contributed by atoms with Gasteiger partial charge < -0.3 is 5.32 Å². The summed E-state index contributed by atoms with van der Waals surface area (Å²) in [5.41, 5.74) is 0. The first-order valence-corrected chi connectivity index (χ1v) is 7.17. The summed E-state index contributed by atoms with van der Waals surface area (Å²) < 4.78 is 0. The number of halogens is 1. The summed E-state index contributed by atoms with van der Waals surface area (Å²) in [7, 11) is 0. The Morgan fingerprint density at radius 2 is 2.42 bits per heavy atom. The lowest BCUT2D eigenvalue weighted by atomic mass is 10.4. The lowest BCUT2D eigenvalue weighted by Gasteiger charge is -2.20. The van der Waals surface area contributed by atoms with Crippen molar-refractivity contribution in [1.29, 1.82) is 0 Å². The number of alkyl halides is 1. The van der Waals surface area contributed by atoms with E-state index >= 15 is 0 Å². The smallest absolute Gasteiger partial charge is 0.230 e. The Balaban J connectivity index is 2.09. The molecule has 1 heterocycles. The molecule has 2 nitrogen and oxygen atoms in total. The van der Waals surface area contributed by atoms with Crippen molar-refractivity contribution in [2.75, 3.05) is 29.1 Å². The number of nitrogens with one attached hydrogen (secondary N) is 1. The predicted molar refractivity (Wildman–Crippen MR) is 60.4 cm³/mol. The third kappa shape index (κ3) is 4.05.